The second kappa shape index (κ2) is 13.3. The van der Waals surface area contributed by atoms with E-state index in [4.69, 9.17) is 6.58 Å². The molecule has 1 aliphatic rings. The molecule has 8 aromatic rings. The zero-order valence-corrected chi connectivity index (χ0v) is 30.3. The number of benzene rings is 7. The number of hydrogen-bond acceptors (Lipinski definition) is 0. The number of para-hydroxylation sites is 1. The Labute approximate surface area is 313 Å². The van der Waals surface area contributed by atoms with Crippen molar-refractivity contribution in [2.24, 2.45) is 0 Å². The summed E-state index contributed by atoms with van der Waals surface area (Å²) in [4.78, 5) is 0. The minimum Gasteiger partial charge on any atom is -0.310 e. The van der Waals surface area contributed by atoms with Gasteiger partial charge in [0, 0.05) is 20.9 Å². The number of nitrogens with zero attached hydrogens (tertiary/aromatic N) is 1. The van der Waals surface area contributed by atoms with Gasteiger partial charge in [0.2, 0.25) is 0 Å². The molecular weight excluding hydrogens is 694 g/mol. The lowest BCUT2D eigenvalue weighted by atomic mass is 9.63. The van der Waals surface area contributed by atoms with Crippen LogP contribution in [-0.2, 0) is 11.8 Å². The highest BCUT2D eigenvalue weighted by Crippen LogP contribution is 2.47. The normalized spacial score (nSPS) is 15.6. The quantitative estimate of drug-likeness (QED) is 0.166. The van der Waals surface area contributed by atoms with Gasteiger partial charge in [-0.3, -0.25) is 0 Å². The summed E-state index contributed by atoms with van der Waals surface area (Å²) in [5.74, 6) is 0. The van der Waals surface area contributed by atoms with Gasteiger partial charge in [0.25, 0.3) is 0 Å². The van der Waals surface area contributed by atoms with E-state index in [0.717, 1.165) is 22.2 Å². The lowest BCUT2D eigenvalue weighted by molar-refractivity contribution is 0.737. The van der Waals surface area contributed by atoms with Gasteiger partial charge in [-0.1, -0.05) is 180 Å². The van der Waals surface area contributed by atoms with E-state index < -0.39 is 5.41 Å². The van der Waals surface area contributed by atoms with E-state index in [-0.39, 0.29) is 0 Å². The van der Waals surface area contributed by atoms with E-state index in [9.17, 15) is 0 Å². The fourth-order valence-corrected chi connectivity index (χ4v) is 8.73. The van der Waals surface area contributed by atoms with Crippen molar-refractivity contribution >= 4 is 43.4 Å². The van der Waals surface area contributed by atoms with Crippen LogP contribution in [0.3, 0.4) is 0 Å². The average molecular weight is 731 g/mol. The van der Waals surface area contributed by atoms with Crippen molar-refractivity contribution in [2.75, 3.05) is 0 Å². The molecule has 0 aliphatic heterocycles. The van der Waals surface area contributed by atoms with Crippen LogP contribution >= 0.6 is 15.9 Å². The van der Waals surface area contributed by atoms with E-state index in [1.54, 1.807) is 0 Å². The third kappa shape index (κ3) is 5.30. The SMILES string of the molecule is C=C1/C=C\C(n2c3ccccc3c3cc(-c4cccc(-c5ccccc5Br)c4)ccc32)=C/Cc2ccccc2C1(c1ccccc1)c1ccccc1. The van der Waals surface area contributed by atoms with Gasteiger partial charge >= 0.3 is 0 Å². The average Bonchev–Trinajstić information content (AvgIpc) is 3.55. The molecule has 248 valence electrons. The number of aromatic nitrogens is 1. The van der Waals surface area contributed by atoms with Crippen molar-refractivity contribution in [2.45, 2.75) is 11.8 Å². The van der Waals surface area contributed by atoms with Crippen molar-refractivity contribution in [1.82, 2.24) is 4.57 Å². The predicted octanol–water partition coefficient (Wildman–Crippen LogP) is 13.4. The van der Waals surface area contributed by atoms with Crippen molar-refractivity contribution in [3.8, 4) is 22.3 Å². The first-order valence-corrected chi connectivity index (χ1v) is 18.6. The van der Waals surface area contributed by atoms with E-state index in [0.29, 0.717) is 0 Å². The molecule has 0 saturated heterocycles. The summed E-state index contributed by atoms with van der Waals surface area (Å²) in [6.45, 7) is 4.86. The molecule has 1 nitrogen and oxygen atoms in total. The summed E-state index contributed by atoms with van der Waals surface area (Å²) in [5, 5.41) is 2.47. The van der Waals surface area contributed by atoms with Crippen molar-refractivity contribution in [3.63, 3.8) is 0 Å². The monoisotopic (exact) mass is 729 g/mol. The Morgan fingerprint density at radius 2 is 1.15 bits per heavy atom. The minimum atomic E-state index is -0.557. The second-order valence-corrected chi connectivity index (χ2v) is 14.3. The number of hydrogen-bond donors (Lipinski definition) is 0. The molecular formula is C50H36BrN. The molecule has 52 heavy (non-hydrogen) atoms. The highest BCUT2D eigenvalue weighted by Gasteiger charge is 2.39. The Balaban J connectivity index is 1.22. The fourth-order valence-electron chi connectivity index (χ4n) is 8.21. The molecule has 2 heteroatoms. The molecule has 0 N–H and O–H groups in total. The number of fused-ring (bicyclic) bond motifs is 4. The minimum absolute atomic E-state index is 0.557. The smallest absolute Gasteiger partial charge is 0.0698 e. The second-order valence-electron chi connectivity index (χ2n) is 13.5. The van der Waals surface area contributed by atoms with Crippen LogP contribution in [0, 0.1) is 0 Å². The maximum Gasteiger partial charge on any atom is 0.0698 e. The predicted molar refractivity (Wildman–Crippen MR) is 223 cm³/mol. The molecule has 1 heterocycles. The molecule has 1 aromatic heterocycles. The molecule has 0 saturated carbocycles. The summed E-state index contributed by atoms with van der Waals surface area (Å²) in [6, 6.07) is 63.5. The van der Waals surface area contributed by atoms with Crippen LogP contribution < -0.4 is 0 Å². The topological polar surface area (TPSA) is 4.93 Å². The Morgan fingerprint density at radius 3 is 1.94 bits per heavy atom. The van der Waals surface area contributed by atoms with Gasteiger partial charge in [-0.05, 0) is 92.9 Å². The molecule has 0 unspecified atom stereocenters. The van der Waals surface area contributed by atoms with Crippen LogP contribution in [0.1, 0.15) is 22.3 Å². The maximum absolute atomic E-state index is 4.86. The van der Waals surface area contributed by atoms with Crippen LogP contribution in [0.2, 0.25) is 0 Å². The summed E-state index contributed by atoms with van der Waals surface area (Å²) < 4.78 is 3.52. The number of halogens is 1. The van der Waals surface area contributed by atoms with E-state index >= 15 is 0 Å². The van der Waals surface area contributed by atoms with Crippen molar-refractivity contribution < 1.29 is 0 Å². The maximum atomic E-state index is 4.86. The Kier molecular flexibility index (Phi) is 8.18. The van der Waals surface area contributed by atoms with E-state index in [1.165, 1.54) is 66.3 Å². The van der Waals surface area contributed by atoms with Gasteiger partial charge in [-0.15, -0.1) is 0 Å². The first-order valence-electron chi connectivity index (χ1n) is 17.8. The van der Waals surface area contributed by atoms with Crippen LogP contribution in [0.5, 0.6) is 0 Å². The standard InChI is InChI=1S/C50H36BrN/c1-35-27-30-42(31-28-36-15-8-11-24-46(36)50(35,40-18-4-2-5-19-40)41-20-6-3-7-21-41)52-48-26-13-10-23-44(48)45-34-38(29-32-49(45)52)37-16-14-17-39(33-37)43-22-9-12-25-47(43)51/h2-27,29-34H,1,28H2/b30-27-,42-31+. The Morgan fingerprint density at radius 1 is 0.519 bits per heavy atom. The molecule has 0 amide bonds. The molecule has 9 rings (SSSR count). The van der Waals surface area contributed by atoms with Crippen LogP contribution in [0.25, 0.3) is 49.8 Å². The summed E-state index contributed by atoms with van der Waals surface area (Å²) in [6.07, 6.45) is 7.68. The third-order valence-electron chi connectivity index (χ3n) is 10.6. The van der Waals surface area contributed by atoms with Crippen molar-refractivity contribution in [3.05, 3.63) is 233 Å². The molecule has 7 aromatic carbocycles. The third-order valence-corrected chi connectivity index (χ3v) is 11.3. The highest BCUT2D eigenvalue weighted by molar-refractivity contribution is 9.10. The summed E-state index contributed by atoms with van der Waals surface area (Å²) in [7, 11) is 0. The largest absolute Gasteiger partial charge is 0.310 e. The van der Waals surface area contributed by atoms with Gasteiger partial charge in [-0.2, -0.15) is 0 Å². The van der Waals surface area contributed by atoms with Gasteiger partial charge in [0.15, 0.2) is 0 Å². The molecule has 0 atom stereocenters. The zero-order valence-electron chi connectivity index (χ0n) is 28.7. The number of allylic oxidation sites excluding steroid dienone is 5. The molecule has 0 spiro atoms. The fraction of sp³-hybridized carbons (Fsp3) is 0.0400. The first kappa shape index (κ1) is 32.0. The summed E-state index contributed by atoms with van der Waals surface area (Å²) >= 11 is 3.75. The lowest BCUT2D eigenvalue weighted by Crippen LogP contribution is -2.32. The van der Waals surface area contributed by atoms with Crippen molar-refractivity contribution in [1.29, 1.82) is 0 Å². The molecule has 0 bridgehead atoms. The van der Waals surface area contributed by atoms with Gasteiger partial charge in [0.1, 0.15) is 0 Å². The van der Waals surface area contributed by atoms with Crippen LogP contribution in [0.4, 0.5) is 0 Å². The Bertz CT molecular complexity index is 2640. The van der Waals surface area contributed by atoms with Gasteiger partial charge in [0.05, 0.1) is 16.4 Å². The van der Waals surface area contributed by atoms with E-state index in [2.05, 4.69) is 215 Å². The Hall–Kier alpha value is -5.96. The van der Waals surface area contributed by atoms with Crippen LogP contribution in [0.15, 0.2) is 211 Å². The molecule has 0 fully saturated rings. The van der Waals surface area contributed by atoms with Gasteiger partial charge < -0.3 is 4.57 Å². The van der Waals surface area contributed by atoms with Crippen LogP contribution in [-0.4, -0.2) is 4.57 Å². The zero-order chi connectivity index (χ0) is 35.1. The molecule has 0 radical (unpaired) electrons. The highest BCUT2D eigenvalue weighted by atomic mass is 79.9. The molecule has 1 aliphatic carbocycles. The van der Waals surface area contributed by atoms with E-state index in [1.807, 2.05) is 0 Å². The first-order chi connectivity index (χ1) is 25.6. The van der Waals surface area contributed by atoms with Gasteiger partial charge in [-0.25, -0.2) is 0 Å². The number of rotatable bonds is 5. The summed E-state index contributed by atoms with van der Waals surface area (Å²) in [5.41, 5.74) is 13.7. The lowest BCUT2D eigenvalue weighted by Gasteiger charge is -2.38.